The summed E-state index contributed by atoms with van der Waals surface area (Å²) in [6.45, 7) is 1.89. The smallest absolute Gasteiger partial charge is 0.182 e. The Labute approximate surface area is 127 Å². The lowest BCUT2D eigenvalue weighted by atomic mass is 10.1. The first-order valence-electron chi connectivity index (χ1n) is 6.89. The van der Waals surface area contributed by atoms with Gasteiger partial charge in [-0.25, -0.2) is 9.07 Å². The summed E-state index contributed by atoms with van der Waals surface area (Å²) in [5, 5.41) is 8.08. The molecule has 3 aromatic rings. The Kier molecular flexibility index (Phi) is 3.78. The first-order chi connectivity index (χ1) is 10.6. The van der Waals surface area contributed by atoms with Gasteiger partial charge in [0.05, 0.1) is 12.2 Å². The highest BCUT2D eigenvalue weighted by atomic mass is 19.1. The molecule has 4 nitrogen and oxygen atoms in total. The summed E-state index contributed by atoms with van der Waals surface area (Å²) < 4.78 is 14.7. The quantitative estimate of drug-likeness (QED) is 0.694. The Hall–Kier alpha value is -2.82. The van der Waals surface area contributed by atoms with Gasteiger partial charge in [0.2, 0.25) is 0 Å². The van der Waals surface area contributed by atoms with E-state index in [0.717, 1.165) is 11.1 Å². The van der Waals surface area contributed by atoms with E-state index in [1.807, 2.05) is 30.3 Å². The zero-order chi connectivity index (χ0) is 15.5. The Balaban J connectivity index is 2.05. The van der Waals surface area contributed by atoms with Crippen LogP contribution in [0.15, 0.2) is 54.6 Å². The van der Waals surface area contributed by atoms with E-state index < -0.39 is 0 Å². The summed E-state index contributed by atoms with van der Waals surface area (Å²) in [7, 11) is 0. The van der Waals surface area contributed by atoms with Crippen LogP contribution in [-0.4, -0.2) is 20.8 Å². The Morgan fingerprint density at radius 3 is 2.41 bits per heavy atom. The molecule has 0 saturated heterocycles. The molecule has 0 radical (unpaired) electrons. The van der Waals surface area contributed by atoms with Crippen molar-refractivity contribution in [2.45, 2.75) is 13.5 Å². The summed E-state index contributed by atoms with van der Waals surface area (Å²) in [5.74, 6) is -0.417. The van der Waals surface area contributed by atoms with Crippen molar-refractivity contribution in [2.24, 2.45) is 0 Å². The molecule has 0 aliphatic carbocycles. The molecule has 22 heavy (non-hydrogen) atoms. The average Bonchev–Trinajstić information content (AvgIpc) is 2.94. The first-order valence-corrected chi connectivity index (χ1v) is 6.89. The minimum absolute atomic E-state index is 0.135. The molecular formula is C17H14FN3O. The third-order valence-electron chi connectivity index (χ3n) is 3.36. The predicted molar refractivity (Wildman–Crippen MR) is 81.0 cm³/mol. The molecular weight excluding hydrogens is 281 g/mol. The van der Waals surface area contributed by atoms with E-state index in [2.05, 4.69) is 10.3 Å². The molecule has 3 rings (SSSR count). The van der Waals surface area contributed by atoms with Gasteiger partial charge in [0.25, 0.3) is 0 Å². The molecule has 1 heterocycles. The molecule has 5 heteroatoms. The van der Waals surface area contributed by atoms with Crippen molar-refractivity contribution in [2.75, 3.05) is 0 Å². The van der Waals surface area contributed by atoms with E-state index in [1.165, 1.54) is 19.1 Å². The highest BCUT2D eigenvalue weighted by molar-refractivity contribution is 5.97. The molecule has 0 aliphatic rings. The lowest BCUT2D eigenvalue weighted by Gasteiger charge is -2.08. The van der Waals surface area contributed by atoms with Crippen molar-refractivity contribution in [1.82, 2.24) is 15.0 Å². The predicted octanol–water partition coefficient (Wildman–Crippen LogP) is 3.34. The maximum Gasteiger partial charge on any atom is 0.182 e. The van der Waals surface area contributed by atoms with Crippen molar-refractivity contribution in [3.8, 4) is 11.3 Å². The molecule has 0 amide bonds. The number of aromatic nitrogens is 3. The summed E-state index contributed by atoms with van der Waals surface area (Å²) in [4.78, 5) is 11.8. The van der Waals surface area contributed by atoms with Crippen molar-refractivity contribution < 1.29 is 9.18 Å². The van der Waals surface area contributed by atoms with Crippen LogP contribution in [0.3, 0.4) is 0 Å². The summed E-state index contributed by atoms with van der Waals surface area (Å²) in [5.41, 5.74) is 2.78. The standard InChI is InChI=1S/C17H14FN3O/c1-12(22)16-17(14-5-3-2-4-6-14)21(20-19-16)11-13-7-9-15(18)10-8-13/h2-10H,11H2,1H3. The maximum atomic E-state index is 13.0. The van der Waals surface area contributed by atoms with Crippen molar-refractivity contribution in [3.63, 3.8) is 0 Å². The zero-order valence-corrected chi connectivity index (χ0v) is 12.0. The molecule has 0 unspecified atom stereocenters. The highest BCUT2D eigenvalue weighted by Crippen LogP contribution is 2.23. The summed E-state index contributed by atoms with van der Waals surface area (Å²) >= 11 is 0. The number of rotatable bonds is 4. The minimum Gasteiger partial charge on any atom is -0.293 e. The van der Waals surface area contributed by atoms with Crippen LogP contribution in [0.1, 0.15) is 23.0 Å². The van der Waals surface area contributed by atoms with Gasteiger partial charge in [-0.1, -0.05) is 47.7 Å². The second-order valence-corrected chi connectivity index (χ2v) is 4.99. The fraction of sp³-hybridized carbons (Fsp3) is 0.118. The largest absolute Gasteiger partial charge is 0.293 e. The number of hydrogen-bond donors (Lipinski definition) is 0. The van der Waals surface area contributed by atoms with E-state index in [1.54, 1.807) is 16.8 Å². The molecule has 110 valence electrons. The second-order valence-electron chi connectivity index (χ2n) is 4.99. The summed E-state index contributed by atoms with van der Waals surface area (Å²) in [6.07, 6.45) is 0. The number of nitrogens with zero attached hydrogens (tertiary/aromatic N) is 3. The molecule has 0 saturated carbocycles. The van der Waals surface area contributed by atoms with Gasteiger partial charge in [0, 0.05) is 12.5 Å². The number of carbonyl (C=O) groups excluding carboxylic acids is 1. The summed E-state index contributed by atoms with van der Waals surface area (Å²) in [6, 6.07) is 15.7. The van der Waals surface area contributed by atoms with Crippen LogP contribution in [0.25, 0.3) is 11.3 Å². The van der Waals surface area contributed by atoms with Crippen LogP contribution < -0.4 is 0 Å². The molecule has 0 bridgehead atoms. The van der Waals surface area contributed by atoms with Crippen LogP contribution in [0.5, 0.6) is 0 Å². The number of carbonyl (C=O) groups is 1. The fourth-order valence-electron chi connectivity index (χ4n) is 2.31. The normalized spacial score (nSPS) is 10.6. The monoisotopic (exact) mass is 295 g/mol. The van der Waals surface area contributed by atoms with Crippen LogP contribution in [0, 0.1) is 5.82 Å². The van der Waals surface area contributed by atoms with Gasteiger partial charge >= 0.3 is 0 Å². The van der Waals surface area contributed by atoms with Gasteiger partial charge < -0.3 is 0 Å². The number of halogens is 1. The van der Waals surface area contributed by atoms with Gasteiger partial charge in [-0.2, -0.15) is 0 Å². The molecule has 0 spiro atoms. The molecule has 2 aromatic carbocycles. The maximum absolute atomic E-state index is 13.0. The fourth-order valence-corrected chi connectivity index (χ4v) is 2.31. The van der Waals surface area contributed by atoms with E-state index >= 15 is 0 Å². The van der Waals surface area contributed by atoms with Crippen LogP contribution in [-0.2, 0) is 6.54 Å². The van der Waals surface area contributed by atoms with Gasteiger partial charge in [-0.05, 0) is 17.7 Å². The number of ketones is 1. The average molecular weight is 295 g/mol. The minimum atomic E-state index is -0.282. The van der Waals surface area contributed by atoms with E-state index in [9.17, 15) is 9.18 Å². The van der Waals surface area contributed by atoms with Crippen LogP contribution in [0.4, 0.5) is 4.39 Å². The lowest BCUT2D eigenvalue weighted by molar-refractivity contribution is 0.101. The zero-order valence-electron chi connectivity index (χ0n) is 12.0. The van der Waals surface area contributed by atoms with E-state index in [-0.39, 0.29) is 11.6 Å². The third kappa shape index (κ3) is 2.79. The number of hydrogen-bond acceptors (Lipinski definition) is 3. The molecule has 0 fully saturated rings. The van der Waals surface area contributed by atoms with E-state index in [4.69, 9.17) is 0 Å². The van der Waals surface area contributed by atoms with Crippen molar-refractivity contribution in [1.29, 1.82) is 0 Å². The SMILES string of the molecule is CC(=O)c1nnn(Cc2ccc(F)cc2)c1-c1ccccc1. The van der Waals surface area contributed by atoms with Crippen molar-refractivity contribution in [3.05, 3.63) is 71.7 Å². The van der Waals surface area contributed by atoms with Gasteiger partial charge in [0.1, 0.15) is 5.82 Å². The highest BCUT2D eigenvalue weighted by Gasteiger charge is 2.18. The van der Waals surface area contributed by atoms with E-state index in [0.29, 0.717) is 17.9 Å². The van der Waals surface area contributed by atoms with Crippen molar-refractivity contribution >= 4 is 5.78 Å². The Morgan fingerprint density at radius 1 is 1.09 bits per heavy atom. The molecule has 0 atom stereocenters. The molecule has 1 aromatic heterocycles. The number of benzene rings is 2. The topological polar surface area (TPSA) is 47.8 Å². The molecule has 0 aliphatic heterocycles. The second kappa shape index (κ2) is 5.89. The number of Topliss-reactive ketones (excluding diaryl/α,β-unsaturated/α-hetero) is 1. The van der Waals surface area contributed by atoms with Gasteiger partial charge in [-0.15, -0.1) is 5.10 Å². The molecule has 0 N–H and O–H groups in total. The Morgan fingerprint density at radius 2 is 1.77 bits per heavy atom. The van der Waals surface area contributed by atoms with Gasteiger partial charge in [-0.3, -0.25) is 4.79 Å². The van der Waals surface area contributed by atoms with Crippen LogP contribution in [0.2, 0.25) is 0 Å². The van der Waals surface area contributed by atoms with Gasteiger partial charge in [0.15, 0.2) is 11.5 Å². The Bertz CT molecular complexity index is 795. The lowest BCUT2D eigenvalue weighted by Crippen LogP contribution is -2.05. The van der Waals surface area contributed by atoms with Crippen LogP contribution >= 0.6 is 0 Å². The first kappa shape index (κ1) is 14.1. The third-order valence-corrected chi connectivity index (χ3v) is 3.36.